The van der Waals surface area contributed by atoms with Crippen LogP contribution in [0.25, 0.3) is 0 Å². The van der Waals surface area contributed by atoms with Gasteiger partial charge in [-0.05, 0) is 67.8 Å². The zero-order valence-electron chi connectivity index (χ0n) is 22.0. The van der Waals surface area contributed by atoms with Crippen molar-refractivity contribution in [3.8, 4) is 0 Å². The lowest BCUT2D eigenvalue weighted by atomic mass is 10.0. The summed E-state index contributed by atoms with van der Waals surface area (Å²) in [6.45, 7) is 6.49. The minimum absolute atomic E-state index is 0.00230. The van der Waals surface area contributed by atoms with Gasteiger partial charge in [0.05, 0.1) is 0 Å². The molecular formula is C31H37ClN2O2S. The van der Waals surface area contributed by atoms with Crippen LogP contribution in [0.3, 0.4) is 0 Å². The summed E-state index contributed by atoms with van der Waals surface area (Å²) < 4.78 is 0. The van der Waals surface area contributed by atoms with Gasteiger partial charge in [0, 0.05) is 35.3 Å². The fourth-order valence-corrected chi connectivity index (χ4v) is 4.95. The van der Waals surface area contributed by atoms with Crippen LogP contribution in [0, 0.1) is 6.92 Å². The van der Waals surface area contributed by atoms with Crippen LogP contribution in [0.2, 0.25) is 5.02 Å². The van der Waals surface area contributed by atoms with Gasteiger partial charge in [0.15, 0.2) is 0 Å². The zero-order valence-corrected chi connectivity index (χ0v) is 23.5. The van der Waals surface area contributed by atoms with Crippen molar-refractivity contribution in [2.24, 2.45) is 0 Å². The summed E-state index contributed by atoms with van der Waals surface area (Å²) in [7, 11) is 0. The number of benzene rings is 3. The molecule has 6 heteroatoms. The van der Waals surface area contributed by atoms with Crippen LogP contribution in [0.1, 0.15) is 49.8 Å². The van der Waals surface area contributed by atoms with E-state index in [-0.39, 0.29) is 17.9 Å². The predicted octanol–water partition coefficient (Wildman–Crippen LogP) is 7.08. The van der Waals surface area contributed by atoms with Crippen LogP contribution in [-0.2, 0) is 22.6 Å². The Morgan fingerprint density at radius 1 is 0.946 bits per heavy atom. The quantitative estimate of drug-likeness (QED) is 0.188. The largest absolute Gasteiger partial charge is 0.352 e. The molecule has 3 aromatic carbocycles. The predicted molar refractivity (Wildman–Crippen MR) is 155 cm³/mol. The second-order valence-electron chi connectivity index (χ2n) is 9.44. The molecule has 0 aliphatic heterocycles. The second kappa shape index (κ2) is 14.8. The Labute approximate surface area is 230 Å². The number of aryl methyl sites for hydroxylation is 1. The Hall–Kier alpha value is -2.76. The molecule has 0 radical (unpaired) electrons. The molecule has 4 nitrogen and oxygen atoms in total. The zero-order chi connectivity index (χ0) is 26.6. The van der Waals surface area contributed by atoms with Gasteiger partial charge < -0.3 is 10.2 Å². The molecule has 196 valence electrons. The summed E-state index contributed by atoms with van der Waals surface area (Å²) in [5.41, 5.74) is 3.21. The minimum atomic E-state index is -0.589. The number of rotatable bonds is 13. The van der Waals surface area contributed by atoms with E-state index in [4.69, 9.17) is 11.6 Å². The lowest BCUT2D eigenvalue weighted by Gasteiger charge is -2.32. The first-order chi connectivity index (χ1) is 17.9. The smallest absolute Gasteiger partial charge is 0.243 e. The molecule has 0 saturated heterocycles. The van der Waals surface area contributed by atoms with Crippen LogP contribution in [0.4, 0.5) is 0 Å². The van der Waals surface area contributed by atoms with Crippen LogP contribution in [0.5, 0.6) is 0 Å². The lowest BCUT2D eigenvalue weighted by Crippen LogP contribution is -2.52. The minimum Gasteiger partial charge on any atom is -0.352 e. The molecule has 0 aliphatic rings. The summed E-state index contributed by atoms with van der Waals surface area (Å²) in [5, 5.41) is 3.84. The second-order valence-corrected chi connectivity index (χ2v) is 11.0. The Morgan fingerprint density at radius 2 is 1.62 bits per heavy atom. The van der Waals surface area contributed by atoms with Crippen LogP contribution in [0.15, 0.2) is 83.8 Å². The molecule has 2 atom stereocenters. The SMILES string of the molecule is CC[C@H](C)NC(=O)[C@H](Cc1ccccc1)N(Cc1ccc(C)cc1)C(=O)CCCSc1ccc(Cl)cc1. The van der Waals surface area contributed by atoms with Gasteiger partial charge in [-0.3, -0.25) is 9.59 Å². The van der Waals surface area contributed by atoms with Gasteiger partial charge >= 0.3 is 0 Å². The monoisotopic (exact) mass is 536 g/mol. The van der Waals surface area contributed by atoms with Gasteiger partial charge in [-0.1, -0.05) is 78.7 Å². The van der Waals surface area contributed by atoms with Crippen molar-refractivity contribution in [1.29, 1.82) is 0 Å². The molecule has 0 bridgehead atoms. The molecule has 0 unspecified atom stereocenters. The number of hydrogen-bond acceptors (Lipinski definition) is 3. The maximum Gasteiger partial charge on any atom is 0.243 e. The molecule has 3 aromatic rings. The number of halogens is 1. The van der Waals surface area contributed by atoms with E-state index in [1.807, 2.05) is 99.6 Å². The van der Waals surface area contributed by atoms with Crippen LogP contribution in [-0.4, -0.2) is 34.6 Å². The highest BCUT2D eigenvalue weighted by molar-refractivity contribution is 7.99. The van der Waals surface area contributed by atoms with Gasteiger partial charge in [-0.15, -0.1) is 11.8 Å². The van der Waals surface area contributed by atoms with Gasteiger partial charge in [0.25, 0.3) is 0 Å². The summed E-state index contributed by atoms with van der Waals surface area (Å²) >= 11 is 7.69. The summed E-state index contributed by atoms with van der Waals surface area (Å²) in [6.07, 6.45) is 2.41. The molecule has 0 spiro atoms. The molecule has 2 amide bonds. The number of carbonyl (C=O) groups is 2. The third kappa shape index (κ3) is 9.56. The third-order valence-electron chi connectivity index (χ3n) is 6.36. The standard InChI is InChI=1S/C31H37ClN2O2S/c1-4-24(3)33-31(36)29(21-25-9-6-5-7-10-25)34(22-26-14-12-23(2)13-15-26)30(35)11-8-20-37-28-18-16-27(32)17-19-28/h5-7,9-10,12-19,24,29H,4,8,11,20-22H2,1-3H3,(H,33,36)/t24-,29-/m0/s1. The van der Waals surface area contributed by atoms with E-state index in [1.54, 1.807) is 16.7 Å². The van der Waals surface area contributed by atoms with Crippen molar-refractivity contribution in [2.75, 3.05) is 5.75 Å². The molecule has 37 heavy (non-hydrogen) atoms. The molecule has 0 heterocycles. The molecule has 1 N–H and O–H groups in total. The Kier molecular flexibility index (Phi) is 11.6. The van der Waals surface area contributed by atoms with E-state index in [0.29, 0.717) is 24.4 Å². The third-order valence-corrected chi connectivity index (χ3v) is 7.71. The average molecular weight is 537 g/mol. The van der Waals surface area contributed by atoms with Crippen LogP contribution >= 0.6 is 23.4 Å². The van der Waals surface area contributed by atoms with Crippen molar-refractivity contribution in [3.63, 3.8) is 0 Å². The number of nitrogens with zero attached hydrogens (tertiary/aromatic N) is 1. The van der Waals surface area contributed by atoms with E-state index in [1.165, 1.54) is 0 Å². The van der Waals surface area contributed by atoms with E-state index in [2.05, 4.69) is 5.32 Å². The summed E-state index contributed by atoms with van der Waals surface area (Å²) in [4.78, 5) is 30.1. The molecule has 0 fully saturated rings. The van der Waals surface area contributed by atoms with E-state index < -0.39 is 6.04 Å². The topological polar surface area (TPSA) is 49.4 Å². The van der Waals surface area contributed by atoms with E-state index in [0.717, 1.165) is 40.2 Å². The first-order valence-corrected chi connectivity index (χ1v) is 14.3. The number of carbonyl (C=O) groups excluding carboxylic acids is 2. The molecular weight excluding hydrogens is 500 g/mol. The number of amides is 2. The van der Waals surface area contributed by atoms with Crippen molar-refractivity contribution < 1.29 is 9.59 Å². The first kappa shape index (κ1) is 28.8. The van der Waals surface area contributed by atoms with Gasteiger partial charge in [-0.25, -0.2) is 0 Å². The Morgan fingerprint density at radius 3 is 2.27 bits per heavy atom. The van der Waals surface area contributed by atoms with Gasteiger partial charge in [0.1, 0.15) is 6.04 Å². The summed E-state index contributed by atoms with van der Waals surface area (Å²) in [6, 6.07) is 25.3. The van der Waals surface area contributed by atoms with Crippen molar-refractivity contribution in [3.05, 3.63) is 101 Å². The highest BCUT2D eigenvalue weighted by atomic mass is 35.5. The van der Waals surface area contributed by atoms with Gasteiger partial charge in [-0.2, -0.15) is 0 Å². The molecule has 0 aromatic heterocycles. The molecule has 0 aliphatic carbocycles. The number of thioether (sulfide) groups is 1. The average Bonchev–Trinajstić information content (AvgIpc) is 2.91. The van der Waals surface area contributed by atoms with Gasteiger partial charge in [0.2, 0.25) is 11.8 Å². The van der Waals surface area contributed by atoms with Crippen molar-refractivity contribution in [2.45, 2.75) is 70.0 Å². The van der Waals surface area contributed by atoms with Crippen molar-refractivity contribution in [1.82, 2.24) is 10.2 Å². The lowest BCUT2D eigenvalue weighted by molar-refractivity contribution is -0.141. The Bertz CT molecular complexity index is 1120. The highest BCUT2D eigenvalue weighted by Gasteiger charge is 2.30. The molecule has 3 rings (SSSR count). The number of hydrogen-bond donors (Lipinski definition) is 1. The van der Waals surface area contributed by atoms with Crippen LogP contribution < -0.4 is 5.32 Å². The highest BCUT2D eigenvalue weighted by Crippen LogP contribution is 2.22. The number of nitrogens with one attached hydrogen (secondary N) is 1. The maximum atomic E-state index is 13.7. The maximum absolute atomic E-state index is 13.7. The Balaban J connectivity index is 1.78. The molecule has 0 saturated carbocycles. The van der Waals surface area contributed by atoms with E-state index in [9.17, 15) is 9.59 Å². The van der Waals surface area contributed by atoms with Crippen molar-refractivity contribution >= 4 is 35.2 Å². The summed E-state index contributed by atoms with van der Waals surface area (Å²) in [5.74, 6) is 0.709. The normalized spacial score (nSPS) is 12.5. The fourth-order valence-electron chi connectivity index (χ4n) is 3.97. The van der Waals surface area contributed by atoms with E-state index >= 15 is 0 Å². The fraction of sp³-hybridized carbons (Fsp3) is 0.355. The first-order valence-electron chi connectivity index (χ1n) is 12.9.